The quantitative estimate of drug-likeness (QED) is 0.737. The van der Waals surface area contributed by atoms with E-state index in [1.807, 2.05) is 6.08 Å². The lowest BCUT2D eigenvalue weighted by atomic mass is 9.74. The molecule has 0 aromatic heterocycles. The monoisotopic (exact) mass is 340 g/mol. The topological polar surface area (TPSA) is 78.9 Å². The number of fused-ring (bicyclic) bond motifs is 1. The maximum atomic E-state index is 13.2. The predicted octanol–water partition coefficient (Wildman–Crippen LogP) is 0.676. The normalized spacial score (nSPS) is 35.1. The molecule has 0 saturated carbocycles. The van der Waals surface area contributed by atoms with Crippen molar-refractivity contribution in [3.05, 3.63) is 49.1 Å². The van der Waals surface area contributed by atoms with Crippen LogP contribution in [0.1, 0.15) is 6.42 Å². The van der Waals surface area contributed by atoms with Crippen molar-refractivity contribution in [2.24, 2.45) is 11.8 Å². The third-order valence-corrected chi connectivity index (χ3v) is 5.43. The molecule has 0 unspecified atom stereocenters. The van der Waals surface area contributed by atoms with Crippen LogP contribution >= 0.6 is 0 Å². The van der Waals surface area contributed by atoms with Crippen LogP contribution in [-0.4, -0.2) is 36.7 Å². The number of aliphatic carboxylic acids is 1. The molecule has 6 heteroatoms. The first-order valence-corrected chi connectivity index (χ1v) is 8.19. The number of rotatable bonds is 5. The van der Waals surface area contributed by atoms with E-state index in [0.717, 1.165) is 0 Å². The van der Waals surface area contributed by atoms with Gasteiger partial charge in [0.15, 0.2) is 0 Å². The smallest absolute Gasteiger partial charge is 0.234 e. The zero-order chi connectivity index (χ0) is 17.8. The molecule has 3 aliphatic rings. The molecular weight excluding hydrogens is 322 g/mol. The van der Waals surface area contributed by atoms with E-state index in [4.69, 9.17) is 9.47 Å². The van der Waals surface area contributed by atoms with Crippen molar-refractivity contribution < 1.29 is 24.2 Å². The highest BCUT2D eigenvalue weighted by atomic mass is 16.5. The van der Waals surface area contributed by atoms with E-state index in [9.17, 15) is 14.7 Å². The molecule has 3 aliphatic heterocycles. The number of nitrogens with zero attached hydrogens (tertiary/aromatic N) is 1. The molecule has 6 nitrogen and oxygen atoms in total. The zero-order valence-electron chi connectivity index (χ0n) is 13.8. The summed E-state index contributed by atoms with van der Waals surface area (Å²) >= 11 is 0. The van der Waals surface area contributed by atoms with E-state index in [-0.39, 0.29) is 11.9 Å². The number of hydrogen-bond donors (Lipinski definition) is 0. The molecule has 2 bridgehead atoms. The Balaban J connectivity index is 1.80. The summed E-state index contributed by atoms with van der Waals surface area (Å²) in [6.45, 7) is 3.79. The molecule has 4 rings (SSSR count). The van der Waals surface area contributed by atoms with Crippen LogP contribution in [-0.2, 0) is 14.3 Å². The second kappa shape index (κ2) is 5.46. The molecule has 1 amide bonds. The molecule has 1 aromatic rings. The van der Waals surface area contributed by atoms with Crippen LogP contribution in [0.2, 0.25) is 0 Å². The Bertz CT molecular complexity index is 771. The predicted molar refractivity (Wildman–Crippen MR) is 87.8 cm³/mol. The average molecular weight is 340 g/mol. The summed E-state index contributed by atoms with van der Waals surface area (Å²) in [5.74, 6) is -2.56. The molecule has 3 heterocycles. The van der Waals surface area contributed by atoms with Gasteiger partial charge in [0.1, 0.15) is 11.4 Å². The van der Waals surface area contributed by atoms with Crippen LogP contribution in [0, 0.1) is 11.8 Å². The van der Waals surface area contributed by atoms with Crippen LogP contribution in [0.25, 0.3) is 0 Å². The summed E-state index contributed by atoms with van der Waals surface area (Å²) in [6.07, 6.45) is 5.19. The fourth-order valence-electron chi connectivity index (χ4n) is 4.42. The van der Waals surface area contributed by atoms with Gasteiger partial charge in [-0.3, -0.25) is 4.79 Å². The lowest BCUT2D eigenvalue weighted by Gasteiger charge is -2.32. The number of anilines is 1. The van der Waals surface area contributed by atoms with Crippen LogP contribution in [0.15, 0.2) is 49.1 Å². The number of carboxylic acid groups (broad SMARTS) is 1. The number of carbonyl (C=O) groups excluding carboxylic acids is 2. The molecule has 130 valence electrons. The van der Waals surface area contributed by atoms with Crippen molar-refractivity contribution >= 4 is 17.6 Å². The molecule has 0 aliphatic carbocycles. The standard InChI is InChI=1S/C19H19NO5/c1-3-4-14-19-10-9-13(25-19)15(18(22)23)16(19)17(21)20(14)11-5-7-12(24-2)8-6-11/h3,5-10,13-16H,1,4H2,2H3,(H,22,23)/p-1/t13-,14-,15+,16+,19-/m1/s1. The van der Waals surface area contributed by atoms with E-state index < -0.39 is 29.5 Å². The molecule has 1 aromatic carbocycles. The zero-order valence-corrected chi connectivity index (χ0v) is 13.8. The first-order valence-electron chi connectivity index (χ1n) is 8.19. The van der Waals surface area contributed by atoms with Gasteiger partial charge >= 0.3 is 0 Å². The molecule has 0 N–H and O–H groups in total. The van der Waals surface area contributed by atoms with E-state index in [0.29, 0.717) is 17.9 Å². The SMILES string of the molecule is C=CC[C@H]1N(c2ccc(OC)cc2)C(=O)[C@@H]2[C@@H](C(=O)[O-])[C@H]3C=C[C@]21O3. The van der Waals surface area contributed by atoms with Gasteiger partial charge in [-0.15, -0.1) is 6.58 Å². The van der Waals surface area contributed by atoms with Crippen LogP contribution in [0.5, 0.6) is 5.75 Å². The maximum absolute atomic E-state index is 13.2. The summed E-state index contributed by atoms with van der Waals surface area (Å²) in [5, 5.41) is 11.6. The number of methoxy groups -OCH3 is 1. The van der Waals surface area contributed by atoms with E-state index in [1.165, 1.54) is 0 Å². The van der Waals surface area contributed by atoms with Gasteiger partial charge in [-0.2, -0.15) is 0 Å². The third kappa shape index (κ3) is 2.00. The molecule has 5 atom stereocenters. The van der Waals surface area contributed by atoms with Crippen molar-refractivity contribution in [2.75, 3.05) is 12.0 Å². The Labute approximate surface area is 145 Å². The van der Waals surface area contributed by atoms with Crippen molar-refractivity contribution in [1.82, 2.24) is 0 Å². The largest absolute Gasteiger partial charge is 0.550 e. The molecule has 2 fully saturated rings. The van der Waals surface area contributed by atoms with Gasteiger partial charge in [-0.05, 0) is 30.7 Å². The Hall–Kier alpha value is -2.60. The average Bonchev–Trinajstić information content (AvgIpc) is 3.24. The minimum absolute atomic E-state index is 0.252. The lowest BCUT2D eigenvalue weighted by molar-refractivity contribution is -0.313. The molecule has 2 saturated heterocycles. The van der Waals surface area contributed by atoms with E-state index in [1.54, 1.807) is 48.4 Å². The lowest BCUT2D eigenvalue weighted by Crippen LogP contribution is -2.46. The fourth-order valence-corrected chi connectivity index (χ4v) is 4.42. The van der Waals surface area contributed by atoms with Crippen LogP contribution in [0.3, 0.4) is 0 Å². The Morgan fingerprint density at radius 3 is 2.76 bits per heavy atom. The van der Waals surface area contributed by atoms with Crippen molar-refractivity contribution in [3.8, 4) is 5.75 Å². The van der Waals surface area contributed by atoms with Crippen molar-refractivity contribution in [2.45, 2.75) is 24.2 Å². The Morgan fingerprint density at radius 1 is 1.44 bits per heavy atom. The second-order valence-electron chi connectivity index (χ2n) is 6.56. The van der Waals surface area contributed by atoms with E-state index >= 15 is 0 Å². The van der Waals surface area contributed by atoms with Gasteiger partial charge in [-0.25, -0.2) is 0 Å². The highest BCUT2D eigenvalue weighted by Gasteiger charge is 2.69. The van der Waals surface area contributed by atoms with Gasteiger partial charge in [0, 0.05) is 17.6 Å². The molecule has 25 heavy (non-hydrogen) atoms. The summed E-state index contributed by atoms with van der Waals surface area (Å²) in [4.78, 5) is 26.4. The van der Waals surface area contributed by atoms with Gasteiger partial charge in [0.2, 0.25) is 5.91 Å². The fraction of sp³-hybridized carbons (Fsp3) is 0.368. The highest BCUT2D eigenvalue weighted by molar-refractivity contribution is 6.03. The summed E-state index contributed by atoms with van der Waals surface area (Å²) < 4.78 is 11.2. The minimum atomic E-state index is -1.25. The van der Waals surface area contributed by atoms with Crippen LogP contribution < -0.4 is 14.7 Å². The summed E-state index contributed by atoms with van der Waals surface area (Å²) in [7, 11) is 1.57. The van der Waals surface area contributed by atoms with Gasteiger partial charge in [0.25, 0.3) is 0 Å². The number of benzene rings is 1. The molecule has 0 radical (unpaired) electrons. The third-order valence-electron chi connectivity index (χ3n) is 5.43. The summed E-state index contributed by atoms with van der Waals surface area (Å²) in [6, 6.07) is 6.76. The minimum Gasteiger partial charge on any atom is -0.550 e. The molecular formula is C19H18NO5-. The number of ether oxygens (including phenoxy) is 2. The number of hydrogen-bond acceptors (Lipinski definition) is 5. The molecule has 1 spiro atoms. The Kier molecular flexibility index (Phi) is 3.47. The number of carbonyl (C=O) groups is 2. The Morgan fingerprint density at radius 2 is 2.16 bits per heavy atom. The second-order valence-corrected chi connectivity index (χ2v) is 6.56. The maximum Gasteiger partial charge on any atom is 0.234 e. The van der Waals surface area contributed by atoms with Gasteiger partial charge < -0.3 is 24.3 Å². The van der Waals surface area contributed by atoms with E-state index in [2.05, 4.69) is 6.58 Å². The van der Waals surface area contributed by atoms with Gasteiger partial charge in [-0.1, -0.05) is 18.2 Å². The first-order chi connectivity index (χ1) is 12.0. The van der Waals surface area contributed by atoms with Crippen molar-refractivity contribution in [1.29, 1.82) is 0 Å². The van der Waals surface area contributed by atoms with Crippen molar-refractivity contribution in [3.63, 3.8) is 0 Å². The number of amides is 1. The van der Waals surface area contributed by atoms with Crippen LogP contribution in [0.4, 0.5) is 5.69 Å². The highest BCUT2D eigenvalue weighted by Crippen LogP contribution is 2.56. The summed E-state index contributed by atoms with van der Waals surface area (Å²) in [5.41, 5.74) is -0.264. The first kappa shape index (κ1) is 15.9. The van der Waals surface area contributed by atoms with Gasteiger partial charge in [0.05, 0.1) is 25.2 Å². The number of carboxylic acids is 1.